The Balaban J connectivity index is 2.93. The molecule has 62 valence electrons. The van der Waals surface area contributed by atoms with Gasteiger partial charge < -0.3 is 4.90 Å². The van der Waals surface area contributed by atoms with E-state index in [4.69, 9.17) is 5.41 Å². The van der Waals surface area contributed by atoms with Crippen molar-refractivity contribution in [3.05, 3.63) is 0 Å². The molecule has 4 nitrogen and oxygen atoms in total. The van der Waals surface area contributed by atoms with Crippen molar-refractivity contribution in [2.45, 2.75) is 26.3 Å². The average molecular weight is 155 g/mol. The zero-order valence-corrected chi connectivity index (χ0v) is 7.06. The minimum Gasteiger partial charge on any atom is -0.329 e. The molecule has 1 amide bonds. The molecule has 1 fully saturated rings. The Kier molecular flexibility index (Phi) is 1.62. The van der Waals surface area contributed by atoms with Crippen molar-refractivity contribution in [2.75, 3.05) is 6.54 Å². The minimum atomic E-state index is -0.550. The van der Waals surface area contributed by atoms with Crippen LogP contribution < -0.4 is 5.32 Å². The molecule has 1 rings (SSSR count). The molecular formula is C7H13N3O. The van der Waals surface area contributed by atoms with Gasteiger partial charge in [0, 0.05) is 6.54 Å². The highest BCUT2D eigenvalue weighted by molar-refractivity contribution is 6.07. The summed E-state index contributed by atoms with van der Waals surface area (Å²) in [5.41, 5.74) is -0.550. The first kappa shape index (κ1) is 8.04. The largest absolute Gasteiger partial charge is 0.329 e. The standard InChI is InChI=1S/C7H13N3O/c1-4-10-6(8)9-5(11)7(10,2)3/h4H2,1-3H3,(H2,8,9,11). The fourth-order valence-electron chi connectivity index (χ4n) is 1.28. The maximum Gasteiger partial charge on any atom is 0.252 e. The molecule has 2 N–H and O–H groups in total. The average Bonchev–Trinajstić information content (AvgIpc) is 2.04. The van der Waals surface area contributed by atoms with Gasteiger partial charge in [0.25, 0.3) is 5.91 Å². The van der Waals surface area contributed by atoms with Crippen LogP contribution in [0.15, 0.2) is 0 Å². The Morgan fingerprint density at radius 2 is 2.18 bits per heavy atom. The fraction of sp³-hybridized carbons (Fsp3) is 0.714. The number of carbonyl (C=O) groups excluding carboxylic acids is 1. The van der Waals surface area contributed by atoms with E-state index in [-0.39, 0.29) is 11.9 Å². The third kappa shape index (κ3) is 0.982. The van der Waals surface area contributed by atoms with E-state index in [0.717, 1.165) is 0 Å². The number of nitrogens with zero attached hydrogens (tertiary/aromatic N) is 1. The molecule has 1 aliphatic heterocycles. The Labute approximate surface area is 66.1 Å². The van der Waals surface area contributed by atoms with Crippen molar-refractivity contribution in [3.63, 3.8) is 0 Å². The number of hydrogen-bond acceptors (Lipinski definition) is 2. The summed E-state index contributed by atoms with van der Waals surface area (Å²) in [5, 5.41) is 9.86. The molecule has 0 saturated carbocycles. The van der Waals surface area contributed by atoms with Crippen LogP contribution in [0.4, 0.5) is 0 Å². The van der Waals surface area contributed by atoms with E-state index < -0.39 is 5.54 Å². The number of hydrogen-bond donors (Lipinski definition) is 2. The quantitative estimate of drug-likeness (QED) is 0.566. The number of guanidine groups is 1. The summed E-state index contributed by atoms with van der Waals surface area (Å²) in [6.45, 7) is 6.24. The van der Waals surface area contributed by atoms with Gasteiger partial charge in [0.1, 0.15) is 5.54 Å². The van der Waals surface area contributed by atoms with Crippen LogP contribution in [0.5, 0.6) is 0 Å². The molecular weight excluding hydrogens is 142 g/mol. The first-order valence-electron chi connectivity index (χ1n) is 3.67. The zero-order valence-electron chi connectivity index (χ0n) is 7.06. The van der Waals surface area contributed by atoms with Gasteiger partial charge in [0.05, 0.1) is 0 Å². The van der Waals surface area contributed by atoms with Crippen LogP contribution >= 0.6 is 0 Å². The van der Waals surface area contributed by atoms with E-state index in [2.05, 4.69) is 5.32 Å². The van der Waals surface area contributed by atoms with Crippen LogP contribution in [0.3, 0.4) is 0 Å². The van der Waals surface area contributed by atoms with Gasteiger partial charge >= 0.3 is 0 Å². The maximum absolute atomic E-state index is 11.2. The second kappa shape index (κ2) is 2.22. The summed E-state index contributed by atoms with van der Waals surface area (Å²) >= 11 is 0. The lowest BCUT2D eigenvalue weighted by atomic mass is 10.1. The van der Waals surface area contributed by atoms with Gasteiger partial charge in [-0.15, -0.1) is 0 Å². The smallest absolute Gasteiger partial charge is 0.252 e. The minimum absolute atomic E-state index is 0.0932. The molecule has 0 aliphatic carbocycles. The van der Waals surface area contributed by atoms with Crippen LogP contribution in [0.2, 0.25) is 0 Å². The lowest BCUT2D eigenvalue weighted by molar-refractivity contribution is -0.125. The van der Waals surface area contributed by atoms with Crippen molar-refractivity contribution in [1.82, 2.24) is 10.2 Å². The highest BCUT2D eigenvalue weighted by Crippen LogP contribution is 2.18. The second-order valence-electron chi connectivity index (χ2n) is 3.11. The van der Waals surface area contributed by atoms with E-state index in [0.29, 0.717) is 6.54 Å². The summed E-state index contributed by atoms with van der Waals surface area (Å²) in [4.78, 5) is 12.9. The molecule has 0 aromatic heterocycles. The predicted octanol–water partition coefficient (Wildman–Crippen LogP) is 0.151. The first-order valence-corrected chi connectivity index (χ1v) is 3.67. The van der Waals surface area contributed by atoms with Crippen LogP contribution in [0.25, 0.3) is 0 Å². The summed E-state index contributed by atoms with van der Waals surface area (Å²) in [5.74, 6) is 0.117. The highest BCUT2D eigenvalue weighted by Gasteiger charge is 2.42. The van der Waals surface area contributed by atoms with E-state index in [1.165, 1.54) is 0 Å². The molecule has 11 heavy (non-hydrogen) atoms. The number of likely N-dealkylation sites (N-methyl/N-ethyl adjacent to an activating group) is 1. The van der Waals surface area contributed by atoms with Gasteiger partial charge in [0.2, 0.25) is 0 Å². The normalized spacial score (nSPS) is 22.3. The Morgan fingerprint density at radius 1 is 1.64 bits per heavy atom. The van der Waals surface area contributed by atoms with Crippen LogP contribution in [0, 0.1) is 5.41 Å². The topological polar surface area (TPSA) is 56.2 Å². The monoisotopic (exact) mass is 155 g/mol. The molecule has 0 unspecified atom stereocenters. The van der Waals surface area contributed by atoms with Crippen molar-refractivity contribution in [1.29, 1.82) is 5.41 Å². The Bertz CT molecular complexity index is 210. The number of carbonyl (C=O) groups is 1. The van der Waals surface area contributed by atoms with Gasteiger partial charge in [-0.25, -0.2) is 0 Å². The van der Waals surface area contributed by atoms with Gasteiger partial charge in [-0.3, -0.25) is 15.5 Å². The van der Waals surface area contributed by atoms with Gasteiger partial charge in [-0.05, 0) is 20.8 Å². The predicted molar refractivity (Wildman–Crippen MR) is 42.3 cm³/mol. The van der Waals surface area contributed by atoms with Crippen molar-refractivity contribution in [3.8, 4) is 0 Å². The molecule has 0 atom stereocenters. The fourth-order valence-corrected chi connectivity index (χ4v) is 1.28. The highest BCUT2D eigenvalue weighted by atomic mass is 16.2. The SMILES string of the molecule is CCN1C(=N)NC(=O)C1(C)C. The summed E-state index contributed by atoms with van der Waals surface area (Å²) in [6, 6.07) is 0. The number of amides is 1. The molecule has 0 radical (unpaired) electrons. The van der Waals surface area contributed by atoms with Gasteiger partial charge in [-0.2, -0.15) is 0 Å². The molecule has 0 aromatic carbocycles. The van der Waals surface area contributed by atoms with Crippen molar-refractivity contribution >= 4 is 11.9 Å². The molecule has 0 aromatic rings. The maximum atomic E-state index is 11.2. The summed E-state index contributed by atoms with van der Waals surface area (Å²) in [6.07, 6.45) is 0. The molecule has 1 aliphatic rings. The molecule has 1 heterocycles. The Hall–Kier alpha value is -1.06. The third-order valence-corrected chi connectivity index (χ3v) is 2.05. The lowest BCUT2D eigenvalue weighted by Gasteiger charge is -2.27. The van der Waals surface area contributed by atoms with Crippen LogP contribution in [-0.2, 0) is 4.79 Å². The van der Waals surface area contributed by atoms with Crippen molar-refractivity contribution in [2.24, 2.45) is 0 Å². The molecule has 1 saturated heterocycles. The van der Waals surface area contributed by atoms with E-state index in [9.17, 15) is 4.79 Å². The summed E-state index contributed by atoms with van der Waals surface area (Å²) in [7, 11) is 0. The van der Waals surface area contributed by atoms with E-state index >= 15 is 0 Å². The summed E-state index contributed by atoms with van der Waals surface area (Å²) < 4.78 is 0. The van der Waals surface area contributed by atoms with E-state index in [1.807, 2.05) is 20.8 Å². The van der Waals surface area contributed by atoms with Gasteiger partial charge in [-0.1, -0.05) is 0 Å². The number of nitrogens with one attached hydrogen (secondary N) is 2. The van der Waals surface area contributed by atoms with Gasteiger partial charge in [0.15, 0.2) is 5.96 Å². The lowest BCUT2D eigenvalue weighted by Crippen LogP contribution is -2.44. The zero-order chi connectivity index (χ0) is 8.65. The molecule has 0 bridgehead atoms. The second-order valence-corrected chi connectivity index (χ2v) is 3.11. The number of rotatable bonds is 1. The first-order chi connectivity index (χ1) is 5.00. The van der Waals surface area contributed by atoms with Crippen LogP contribution in [0.1, 0.15) is 20.8 Å². The third-order valence-electron chi connectivity index (χ3n) is 2.05. The molecule has 0 spiro atoms. The molecule has 4 heteroatoms. The Morgan fingerprint density at radius 3 is 2.36 bits per heavy atom. The van der Waals surface area contributed by atoms with Crippen LogP contribution in [-0.4, -0.2) is 28.9 Å². The van der Waals surface area contributed by atoms with Crippen molar-refractivity contribution < 1.29 is 4.79 Å². The van der Waals surface area contributed by atoms with E-state index in [1.54, 1.807) is 4.90 Å².